The van der Waals surface area contributed by atoms with Gasteiger partial charge in [-0.05, 0) is 42.5 Å². The Morgan fingerprint density at radius 3 is 2.87 bits per heavy atom. The summed E-state index contributed by atoms with van der Waals surface area (Å²) in [6.07, 6.45) is 0.821. The van der Waals surface area contributed by atoms with Gasteiger partial charge in [0.2, 0.25) is 0 Å². The van der Waals surface area contributed by atoms with Gasteiger partial charge in [-0.1, -0.05) is 6.07 Å². The van der Waals surface area contributed by atoms with Crippen LogP contribution in [0.3, 0.4) is 0 Å². The van der Waals surface area contributed by atoms with Crippen molar-refractivity contribution in [3.05, 3.63) is 33.9 Å². The Labute approximate surface area is 88.7 Å². The number of rotatable bonds is 1. The molecule has 80 valence electrons. The number of fused-ring (bicyclic) bond motifs is 1. The molecule has 0 radical (unpaired) electrons. The number of benzene rings is 1. The molecule has 0 amide bonds. The Bertz CT molecular complexity index is 421. The highest BCUT2D eigenvalue weighted by Crippen LogP contribution is 2.26. The summed E-state index contributed by atoms with van der Waals surface area (Å²) >= 11 is 0. The molecule has 15 heavy (non-hydrogen) atoms. The van der Waals surface area contributed by atoms with Gasteiger partial charge in [0.25, 0.3) is 0 Å². The molecule has 3 nitrogen and oxygen atoms in total. The first-order valence-corrected chi connectivity index (χ1v) is 5.04. The molecule has 1 aliphatic heterocycles. The maximum absolute atomic E-state index is 11.1. The minimum absolute atomic E-state index is 0.454. The summed E-state index contributed by atoms with van der Waals surface area (Å²) in [5.74, 6) is -0.834. The molecule has 3 heteroatoms. The lowest BCUT2D eigenvalue weighted by Crippen LogP contribution is -2.15. The molecule has 0 atom stereocenters. The zero-order valence-electron chi connectivity index (χ0n) is 8.96. The number of hydrogen-bond acceptors (Lipinski definition) is 2. The Hall–Kier alpha value is -1.35. The Kier molecular flexibility index (Phi) is 2.49. The summed E-state index contributed by atoms with van der Waals surface area (Å²) in [6, 6.07) is 1.94. The first-order valence-electron chi connectivity index (χ1n) is 5.04. The van der Waals surface area contributed by atoms with E-state index in [2.05, 4.69) is 0 Å². The van der Waals surface area contributed by atoms with Crippen LogP contribution in [-0.4, -0.2) is 17.7 Å². The van der Waals surface area contributed by atoms with Crippen LogP contribution in [0.25, 0.3) is 0 Å². The first-order chi connectivity index (χ1) is 7.11. The van der Waals surface area contributed by atoms with Crippen molar-refractivity contribution in [2.45, 2.75) is 26.9 Å². The van der Waals surface area contributed by atoms with Gasteiger partial charge in [0.05, 0.1) is 18.8 Å². The average Bonchev–Trinajstić information content (AvgIpc) is 2.17. The Morgan fingerprint density at radius 2 is 2.20 bits per heavy atom. The second-order valence-corrected chi connectivity index (χ2v) is 3.94. The van der Waals surface area contributed by atoms with Gasteiger partial charge in [-0.2, -0.15) is 0 Å². The van der Waals surface area contributed by atoms with Crippen molar-refractivity contribution < 1.29 is 14.6 Å². The van der Waals surface area contributed by atoms with Crippen molar-refractivity contribution >= 4 is 5.97 Å². The van der Waals surface area contributed by atoms with Crippen molar-refractivity contribution in [2.75, 3.05) is 6.61 Å². The zero-order chi connectivity index (χ0) is 11.0. The zero-order valence-corrected chi connectivity index (χ0v) is 8.96. The molecule has 1 N–H and O–H groups in total. The van der Waals surface area contributed by atoms with Crippen LogP contribution in [0.4, 0.5) is 0 Å². The van der Waals surface area contributed by atoms with E-state index in [9.17, 15) is 4.79 Å². The molecule has 0 saturated carbocycles. The number of carbonyl (C=O) groups is 1. The third-order valence-electron chi connectivity index (χ3n) is 2.97. The lowest BCUT2D eigenvalue weighted by Gasteiger charge is -2.21. The molecule has 0 aromatic heterocycles. The normalized spacial score (nSPS) is 14.8. The van der Waals surface area contributed by atoms with E-state index in [1.165, 1.54) is 0 Å². The molecule has 1 aromatic rings. The highest BCUT2D eigenvalue weighted by molar-refractivity contribution is 5.91. The maximum atomic E-state index is 11.1. The van der Waals surface area contributed by atoms with E-state index in [-0.39, 0.29) is 0 Å². The monoisotopic (exact) mass is 206 g/mol. The third-order valence-corrected chi connectivity index (χ3v) is 2.97. The van der Waals surface area contributed by atoms with E-state index < -0.39 is 5.97 Å². The number of ether oxygens (including phenoxy) is 1. The van der Waals surface area contributed by atoms with Gasteiger partial charge in [0.15, 0.2) is 0 Å². The summed E-state index contributed by atoms with van der Waals surface area (Å²) in [5, 5.41) is 9.12. The molecule has 0 aliphatic carbocycles. The van der Waals surface area contributed by atoms with E-state index in [1.54, 1.807) is 0 Å². The van der Waals surface area contributed by atoms with Gasteiger partial charge in [-0.25, -0.2) is 4.79 Å². The quantitative estimate of drug-likeness (QED) is 0.765. The second kappa shape index (κ2) is 3.66. The van der Waals surface area contributed by atoms with Crippen molar-refractivity contribution in [3.8, 4) is 0 Å². The number of aryl methyl sites for hydroxylation is 1. The highest BCUT2D eigenvalue weighted by Gasteiger charge is 2.19. The molecule has 0 saturated heterocycles. The number of hydrogen-bond donors (Lipinski definition) is 1. The standard InChI is InChI=1S/C12H14O3/c1-7-5-9-6-15-4-3-10(9)8(2)11(7)12(13)14/h5H,3-4,6H2,1-2H3,(H,13,14). The number of aromatic carboxylic acids is 1. The third kappa shape index (κ3) is 1.63. The Balaban J connectivity index is 2.64. The Morgan fingerprint density at radius 1 is 1.47 bits per heavy atom. The predicted octanol–water partition coefficient (Wildman–Crippen LogP) is 2.07. The largest absolute Gasteiger partial charge is 0.478 e. The molecule has 0 fully saturated rings. The van der Waals surface area contributed by atoms with E-state index in [1.807, 2.05) is 19.9 Å². The van der Waals surface area contributed by atoms with E-state index in [0.29, 0.717) is 18.8 Å². The van der Waals surface area contributed by atoms with Crippen LogP contribution in [0.2, 0.25) is 0 Å². The van der Waals surface area contributed by atoms with E-state index in [0.717, 1.165) is 28.7 Å². The minimum Gasteiger partial charge on any atom is -0.478 e. The molecule has 2 rings (SSSR count). The maximum Gasteiger partial charge on any atom is 0.336 e. The van der Waals surface area contributed by atoms with Gasteiger partial charge >= 0.3 is 5.97 Å². The van der Waals surface area contributed by atoms with Gasteiger partial charge in [0, 0.05) is 0 Å². The first kappa shape index (κ1) is 10.2. The lowest BCUT2D eigenvalue weighted by molar-refractivity contribution is 0.0694. The molecule has 1 aromatic carbocycles. The van der Waals surface area contributed by atoms with Crippen molar-refractivity contribution in [1.29, 1.82) is 0 Å². The van der Waals surface area contributed by atoms with Crippen LogP contribution in [-0.2, 0) is 17.8 Å². The summed E-state index contributed by atoms with van der Waals surface area (Å²) in [7, 11) is 0. The second-order valence-electron chi connectivity index (χ2n) is 3.94. The molecule has 0 spiro atoms. The molecular weight excluding hydrogens is 192 g/mol. The fourth-order valence-electron chi connectivity index (χ4n) is 2.27. The van der Waals surface area contributed by atoms with Crippen LogP contribution in [0.1, 0.15) is 32.6 Å². The van der Waals surface area contributed by atoms with Crippen LogP contribution in [0.5, 0.6) is 0 Å². The number of carboxylic acid groups (broad SMARTS) is 1. The van der Waals surface area contributed by atoms with Crippen molar-refractivity contribution in [1.82, 2.24) is 0 Å². The van der Waals surface area contributed by atoms with Crippen molar-refractivity contribution in [3.63, 3.8) is 0 Å². The summed E-state index contributed by atoms with van der Waals surface area (Å²) in [4.78, 5) is 11.1. The fourth-order valence-corrected chi connectivity index (χ4v) is 2.27. The topological polar surface area (TPSA) is 46.5 Å². The minimum atomic E-state index is -0.834. The smallest absolute Gasteiger partial charge is 0.336 e. The molecule has 0 bridgehead atoms. The van der Waals surface area contributed by atoms with E-state index in [4.69, 9.17) is 9.84 Å². The predicted molar refractivity (Wildman–Crippen MR) is 56.2 cm³/mol. The van der Waals surface area contributed by atoms with Crippen LogP contribution >= 0.6 is 0 Å². The van der Waals surface area contributed by atoms with Gasteiger partial charge in [0.1, 0.15) is 0 Å². The summed E-state index contributed by atoms with van der Waals surface area (Å²) in [6.45, 7) is 5.03. The number of carboxylic acids is 1. The summed E-state index contributed by atoms with van der Waals surface area (Å²) in [5.41, 5.74) is 4.48. The highest BCUT2D eigenvalue weighted by atomic mass is 16.5. The van der Waals surface area contributed by atoms with Crippen molar-refractivity contribution in [2.24, 2.45) is 0 Å². The SMILES string of the molecule is Cc1cc2c(c(C)c1C(=O)O)CCOC2. The molecule has 0 unspecified atom stereocenters. The van der Waals surface area contributed by atoms with E-state index >= 15 is 0 Å². The van der Waals surface area contributed by atoms with Gasteiger partial charge in [-0.15, -0.1) is 0 Å². The fraction of sp³-hybridized carbons (Fsp3) is 0.417. The molecular formula is C12H14O3. The molecule has 1 heterocycles. The van der Waals surface area contributed by atoms with Crippen LogP contribution in [0, 0.1) is 13.8 Å². The van der Waals surface area contributed by atoms with Gasteiger partial charge < -0.3 is 9.84 Å². The van der Waals surface area contributed by atoms with Crippen LogP contribution < -0.4 is 0 Å². The molecule has 1 aliphatic rings. The average molecular weight is 206 g/mol. The summed E-state index contributed by atoms with van der Waals surface area (Å²) < 4.78 is 5.36. The van der Waals surface area contributed by atoms with Crippen LogP contribution in [0.15, 0.2) is 6.07 Å². The lowest BCUT2D eigenvalue weighted by atomic mass is 9.90. The van der Waals surface area contributed by atoms with Gasteiger partial charge in [-0.3, -0.25) is 0 Å².